The highest BCUT2D eigenvalue weighted by atomic mass is 16.1. The Balaban J connectivity index is 1.86. The van der Waals surface area contributed by atoms with Crippen LogP contribution in [0.5, 0.6) is 0 Å². The molecular formula is C17H15N3O2. The predicted octanol–water partition coefficient (Wildman–Crippen LogP) is 2.16. The van der Waals surface area contributed by atoms with Crippen molar-refractivity contribution >= 4 is 16.7 Å². The molecule has 0 unspecified atom stereocenters. The van der Waals surface area contributed by atoms with Gasteiger partial charge in [0.15, 0.2) is 0 Å². The third-order valence-corrected chi connectivity index (χ3v) is 3.58. The molecule has 2 aromatic carbocycles. The van der Waals surface area contributed by atoms with Crippen LogP contribution in [0.2, 0.25) is 0 Å². The third kappa shape index (κ3) is 2.61. The fourth-order valence-corrected chi connectivity index (χ4v) is 2.39. The summed E-state index contributed by atoms with van der Waals surface area (Å²) >= 11 is 0. The number of aromatic amines is 1. The summed E-state index contributed by atoms with van der Waals surface area (Å²) in [4.78, 5) is 24.0. The quantitative estimate of drug-likeness (QED) is 0.777. The number of nitrogens with zero attached hydrogens (tertiary/aromatic N) is 1. The van der Waals surface area contributed by atoms with Crippen molar-refractivity contribution in [2.24, 2.45) is 0 Å². The van der Waals surface area contributed by atoms with Gasteiger partial charge in [0, 0.05) is 10.9 Å². The van der Waals surface area contributed by atoms with Gasteiger partial charge in [-0.25, -0.2) is 5.10 Å². The van der Waals surface area contributed by atoms with Crippen molar-refractivity contribution in [3.8, 4) is 0 Å². The first kappa shape index (κ1) is 14.0. The van der Waals surface area contributed by atoms with Crippen LogP contribution < -0.4 is 10.9 Å². The fraction of sp³-hybridized carbons (Fsp3) is 0.118. The molecular weight excluding hydrogens is 278 g/mol. The molecule has 22 heavy (non-hydrogen) atoms. The number of hydrogen-bond donors (Lipinski definition) is 2. The second-order valence-corrected chi connectivity index (χ2v) is 5.04. The number of aromatic nitrogens is 2. The molecule has 0 radical (unpaired) electrons. The van der Waals surface area contributed by atoms with E-state index in [1.807, 2.05) is 37.3 Å². The van der Waals surface area contributed by atoms with Gasteiger partial charge >= 0.3 is 0 Å². The van der Waals surface area contributed by atoms with Gasteiger partial charge in [0.1, 0.15) is 0 Å². The van der Waals surface area contributed by atoms with Crippen LogP contribution in [0.25, 0.3) is 10.8 Å². The number of H-pyrrole nitrogens is 1. The van der Waals surface area contributed by atoms with E-state index in [0.29, 0.717) is 16.6 Å². The lowest BCUT2D eigenvalue weighted by molar-refractivity contribution is 0.0950. The summed E-state index contributed by atoms with van der Waals surface area (Å²) in [6.07, 6.45) is 0. The molecule has 0 aliphatic rings. The standard InChI is InChI=1S/C17H15N3O2/c1-11-6-2-3-7-12(11)16(21)18-10-15-13-8-4-5-9-14(13)17(22)20-19-15/h2-9H,10H2,1H3,(H,18,21)(H,20,22). The maximum atomic E-state index is 12.2. The van der Waals surface area contributed by atoms with E-state index in [0.717, 1.165) is 10.9 Å². The van der Waals surface area contributed by atoms with Gasteiger partial charge in [-0.3, -0.25) is 9.59 Å². The van der Waals surface area contributed by atoms with Gasteiger partial charge in [0.2, 0.25) is 0 Å². The van der Waals surface area contributed by atoms with Crippen LogP contribution in [-0.4, -0.2) is 16.1 Å². The Labute approximate surface area is 127 Å². The predicted molar refractivity (Wildman–Crippen MR) is 84.7 cm³/mol. The molecule has 1 amide bonds. The molecule has 1 heterocycles. The van der Waals surface area contributed by atoms with Crippen molar-refractivity contribution in [3.63, 3.8) is 0 Å². The SMILES string of the molecule is Cc1ccccc1C(=O)NCc1n[nH]c(=O)c2ccccc12. The normalized spacial score (nSPS) is 10.6. The zero-order chi connectivity index (χ0) is 15.5. The fourth-order valence-electron chi connectivity index (χ4n) is 2.39. The Morgan fingerprint density at radius 3 is 2.55 bits per heavy atom. The van der Waals surface area contributed by atoms with E-state index in [1.54, 1.807) is 18.2 Å². The minimum absolute atomic E-state index is 0.157. The van der Waals surface area contributed by atoms with E-state index in [9.17, 15) is 9.59 Å². The van der Waals surface area contributed by atoms with E-state index in [4.69, 9.17) is 0 Å². The molecule has 2 N–H and O–H groups in total. The number of rotatable bonds is 3. The van der Waals surface area contributed by atoms with Crippen molar-refractivity contribution in [2.75, 3.05) is 0 Å². The van der Waals surface area contributed by atoms with E-state index in [-0.39, 0.29) is 18.0 Å². The maximum Gasteiger partial charge on any atom is 0.272 e. The summed E-state index contributed by atoms with van der Waals surface area (Å²) < 4.78 is 0. The van der Waals surface area contributed by atoms with Crippen molar-refractivity contribution in [1.82, 2.24) is 15.5 Å². The van der Waals surface area contributed by atoms with E-state index < -0.39 is 0 Å². The zero-order valence-corrected chi connectivity index (χ0v) is 12.1. The highest BCUT2D eigenvalue weighted by molar-refractivity contribution is 5.95. The van der Waals surface area contributed by atoms with Crippen LogP contribution in [0.1, 0.15) is 21.6 Å². The molecule has 0 aliphatic heterocycles. The number of benzene rings is 2. The van der Waals surface area contributed by atoms with Gasteiger partial charge in [0.25, 0.3) is 11.5 Å². The summed E-state index contributed by atoms with van der Waals surface area (Å²) in [5.41, 5.74) is 1.96. The molecule has 0 bridgehead atoms. The highest BCUT2D eigenvalue weighted by Crippen LogP contribution is 2.12. The van der Waals surface area contributed by atoms with Crippen LogP contribution in [0.4, 0.5) is 0 Å². The molecule has 0 spiro atoms. The smallest absolute Gasteiger partial charge is 0.272 e. The first-order valence-electron chi connectivity index (χ1n) is 6.97. The molecule has 0 saturated carbocycles. The lowest BCUT2D eigenvalue weighted by Gasteiger charge is -2.08. The van der Waals surface area contributed by atoms with Gasteiger partial charge in [-0.05, 0) is 24.6 Å². The van der Waals surface area contributed by atoms with Crippen LogP contribution in [0.15, 0.2) is 53.3 Å². The topological polar surface area (TPSA) is 74.8 Å². The second kappa shape index (κ2) is 5.81. The van der Waals surface area contributed by atoms with Crippen LogP contribution in [-0.2, 0) is 6.54 Å². The second-order valence-electron chi connectivity index (χ2n) is 5.04. The molecule has 0 fully saturated rings. The number of carbonyl (C=O) groups is 1. The minimum atomic E-state index is -0.232. The first-order valence-corrected chi connectivity index (χ1v) is 6.97. The minimum Gasteiger partial charge on any atom is -0.346 e. The summed E-state index contributed by atoms with van der Waals surface area (Å²) in [6, 6.07) is 14.6. The molecule has 0 saturated heterocycles. The summed E-state index contributed by atoms with van der Waals surface area (Å²) in [7, 11) is 0. The molecule has 0 aliphatic carbocycles. The number of nitrogens with one attached hydrogen (secondary N) is 2. The Morgan fingerprint density at radius 1 is 1.09 bits per heavy atom. The lowest BCUT2D eigenvalue weighted by atomic mass is 10.1. The molecule has 5 nitrogen and oxygen atoms in total. The van der Waals surface area contributed by atoms with Gasteiger partial charge in [-0.15, -0.1) is 0 Å². The van der Waals surface area contributed by atoms with Crippen LogP contribution in [0, 0.1) is 6.92 Å². The molecule has 0 atom stereocenters. The summed E-state index contributed by atoms with van der Waals surface area (Å²) in [5, 5.41) is 10.7. The molecule has 110 valence electrons. The highest BCUT2D eigenvalue weighted by Gasteiger charge is 2.10. The largest absolute Gasteiger partial charge is 0.346 e. The third-order valence-electron chi connectivity index (χ3n) is 3.58. The van der Waals surface area contributed by atoms with Crippen molar-refractivity contribution in [3.05, 3.63) is 75.7 Å². The monoisotopic (exact) mass is 293 g/mol. The number of fused-ring (bicyclic) bond motifs is 1. The van der Waals surface area contributed by atoms with Crippen molar-refractivity contribution in [2.45, 2.75) is 13.5 Å². The van der Waals surface area contributed by atoms with Gasteiger partial charge in [-0.1, -0.05) is 36.4 Å². The Hall–Kier alpha value is -2.95. The number of hydrogen-bond acceptors (Lipinski definition) is 3. The van der Waals surface area contributed by atoms with E-state index in [2.05, 4.69) is 15.5 Å². The number of carbonyl (C=O) groups excluding carboxylic acids is 1. The zero-order valence-electron chi connectivity index (χ0n) is 12.1. The van der Waals surface area contributed by atoms with Crippen molar-refractivity contribution in [1.29, 1.82) is 0 Å². The van der Waals surface area contributed by atoms with E-state index >= 15 is 0 Å². The average molecular weight is 293 g/mol. The van der Waals surface area contributed by atoms with Gasteiger partial charge in [0.05, 0.1) is 17.6 Å². The molecule has 3 rings (SSSR count). The first-order chi connectivity index (χ1) is 10.7. The summed E-state index contributed by atoms with van der Waals surface area (Å²) in [6.45, 7) is 2.15. The van der Waals surface area contributed by atoms with Crippen LogP contribution >= 0.6 is 0 Å². The van der Waals surface area contributed by atoms with E-state index in [1.165, 1.54) is 0 Å². The molecule has 1 aromatic heterocycles. The van der Waals surface area contributed by atoms with Crippen LogP contribution in [0.3, 0.4) is 0 Å². The maximum absolute atomic E-state index is 12.2. The molecule has 5 heteroatoms. The number of aryl methyl sites for hydroxylation is 1. The number of amides is 1. The Kier molecular flexibility index (Phi) is 3.70. The molecule has 3 aromatic rings. The van der Waals surface area contributed by atoms with Crippen molar-refractivity contribution < 1.29 is 4.79 Å². The summed E-state index contributed by atoms with van der Waals surface area (Å²) in [5.74, 6) is -0.157. The average Bonchev–Trinajstić information content (AvgIpc) is 2.55. The lowest BCUT2D eigenvalue weighted by Crippen LogP contribution is -2.25. The van der Waals surface area contributed by atoms with Gasteiger partial charge in [-0.2, -0.15) is 5.10 Å². The van der Waals surface area contributed by atoms with Gasteiger partial charge < -0.3 is 5.32 Å². The Morgan fingerprint density at radius 2 is 1.77 bits per heavy atom. The Bertz CT molecular complexity index is 900.